The van der Waals surface area contributed by atoms with Crippen molar-refractivity contribution in [1.82, 2.24) is 24.6 Å². The number of methoxy groups -OCH3 is 1. The quantitative estimate of drug-likeness (QED) is 0.382. The molecule has 0 unspecified atom stereocenters. The largest absolute Gasteiger partial charge is 0.467 e. The van der Waals surface area contributed by atoms with Gasteiger partial charge in [0.25, 0.3) is 5.91 Å². The second-order valence-electron chi connectivity index (χ2n) is 9.13. The number of ether oxygens (including phenoxy) is 1. The Morgan fingerprint density at radius 2 is 1.80 bits per heavy atom. The molecule has 5 rings (SSSR count). The molecule has 0 aliphatic carbocycles. The molecule has 12 heteroatoms. The van der Waals surface area contributed by atoms with E-state index in [1.165, 1.54) is 28.3 Å². The first kappa shape index (κ1) is 26.6. The van der Waals surface area contributed by atoms with Gasteiger partial charge in [-0.25, -0.2) is 28.2 Å². The normalized spacial score (nSPS) is 13.2. The molecule has 0 atom stereocenters. The number of aryl methyl sites for hydroxylation is 1. The Morgan fingerprint density at radius 3 is 2.48 bits per heavy atom. The second kappa shape index (κ2) is 10.6. The van der Waals surface area contributed by atoms with Crippen molar-refractivity contribution < 1.29 is 18.7 Å². The SMILES string of the molecule is CCc1c(N2CCN(c3cccc(C(=O)NC)c3)C2=O)ncc(F)c1-c1ccc(-n2c(OC)nn(C)c2=O)cc1. The summed E-state index contributed by atoms with van der Waals surface area (Å²) in [5.41, 5.74) is 2.64. The fourth-order valence-electron chi connectivity index (χ4n) is 4.90. The number of carbonyl (C=O) groups is 2. The standard InChI is InChI=1S/C28H28FN7O4/c1-5-21-23(17-9-11-19(12-10-17)36-26(40-4)32-33(3)27(36)38)22(29)16-31-24(21)35-14-13-34(28(35)39)20-8-6-7-18(15-20)25(37)30-2/h6-12,15-16H,5,13-14H2,1-4H3,(H,30,37). The maximum absolute atomic E-state index is 15.3. The predicted molar refractivity (Wildman–Crippen MR) is 148 cm³/mol. The van der Waals surface area contributed by atoms with Crippen molar-refractivity contribution in [1.29, 1.82) is 0 Å². The van der Waals surface area contributed by atoms with Crippen LogP contribution < -0.4 is 25.5 Å². The van der Waals surface area contributed by atoms with Gasteiger partial charge in [0.1, 0.15) is 11.6 Å². The van der Waals surface area contributed by atoms with Crippen molar-refractivity contribution in [2.24, 2.45) is 7.05 Å². The Hall–Kier alpha value is -5.00. The highest BCUT2D eigenvalue weighted by atomic mass is 19.1. The van der Waals surface area contributed by atoms with Crippen molar-refractivity contribution in [2.75, 3.05) is 37.0 Å². The Kier molecular flexibility index (Phi) is 7.07. The smallest absolute Gasteiger partial charge is 0.353 e. The zero-order chi connectivity index (χ0) is 28.6. The monoisotopic (exact) mass is 545 g/mol. The van der Waals surface area contributed by atoms with Crippen LogP contribution in [0.1, 0.15) is 22.8 Å². The number of aromatic nitrogens is 4. The molecule has 0 spiro atoms. The lowest BCUT2D eigenvalue weighted by molar-refractivity contribution is 0.0963. The Morgan fingerprint density at radius 1 is 1.07 bits per heavy atom. The summed E-state index contributed by atoms with van der Waals surface area (Å²) >= 11 is 0. The van der Waals surface area contributed by atoms with Crippen LogP contribution in [-0.4, -0.2) is 58.5 Å². The maximum Gasteiger partial charge on any atom is 0.353 e. The van der Waals surface area contributed by atoms with E-state index < -0.39 is 5.82 Å². The molecule has 0 bridgehead atoms. The van der Waals surface area contributed by atoms with Gasteiger partial charge < -0.3 is 10.1 Å². The minimum absolute atomic E-state index is 0.129. The lowest BCUT2D eigenvalue weighted by Gasteiger charge is -2.22. The molecule has 2 aromatic carbocycles. The molecule has 1 saturated heterocycles. The van der Waals surface area contributed by atoms with Crippen LogP contribution in [0.3, 0.4) is 0 Å². The summed E-state index contributed by atoms with van der Waals surface area (Å²) in [6.45, 7) is 2.60. The highest BCUT2D eigenvalue weighted by Gasteiger charge is 2.34. The van der Waals surface area contributed by atoms with E-state index >= 15 is 4.39 Å². The Balaban J connectivity index is 1.50. The summed E-state index contributed by atoms with van der Waals surface area (Å²) < 4.78 is 23.0. The molecular weight excluding hydrogens is 517 g/mol. The summed E-state index contributed by atoms with van der Waals surface area (Å²) in [6.07, 6.45) is 1.54. The lowest BCUT2D eigenvalue weighted by Crippen LogP contribution is -2.33. The third-order valence-electron chi connectivity index (χ3n) is 6.87. The highest BCUT2D eigenvalue weighted by molar-refractivity contribution is 6.07. The van der Waals surface area contributed by atoms with E-state index in [2.05, 4.69) is 15.4 Å². The third kappa shape index (κ3) is 4.46. The summed E-state index contributed by atoms with van der Waals surface area (Å²) in [4.78, 5) is 45.6. The van der Waals surface area contributed by atoms with Gasteiger partial charge in [-0.3, -0.25) is 14.6 Å². The van der Waals surface area contributed by atoms with E-state index in [0.29, 0.717) is 59.0 Å². The number of hydrogen-bond donors (Lipinski definition) is 1. The molecule has 1 N–H and O–H groups in total. The van der Waals surface area contributed by atoms with Crippen LogP contribution in [0.4, 0.5) is 20.7 Å². The lowest BCUT2D eigenvalue weighted by atomic mass is 9.98. The van der Waals surface area contributed by atoms with Gasteiger partial charge in [0.15, 0.2) is 0 Å². The van der Waals surface area contributed by atoms with Gasteiger partial charge in [-0.05, 0) is 42.3 Å². The molecule has 1 fully saturated rings. The van der Waals surface area contributed by atoms with Crippen molar-refractivity contribution in [3.05, 3.63) is 82.2 Å². The van der Waals surface area contributed by atoms with Crippen LogP contribution in [0.5, 0.6) is 6.01 Å². The van der Waals surface area contributed by atoms with E-state index in [1.807, 2.05) is 6.92 Å². The molecule has 40 heavy (non-hydrogen) atoms. The summed E-state index contributed by atoms with van der Waals surface area (Å²) in [7, 11) is 4.50. The fraction of sp³-hybridized carbons (Fsp3) is 0.250. The first-order chi connectivity index (χ1) is 19.3. The molecule has 1 aliphatic heterocycles. The minimum atomic E-state index is -0.522. The average molecular weight is 546 g/mol. The number of nitrogens with zero attached hydrogens (tertiary/aromatic N) is 6. The number of pyridine rings is 1. The zero-order valence-corrected chi connectivity index (χ0v) is 22.5. The first-order valence-electron chi connectivity index (χ1n) is 12.7. The van der Waals surface area contributed by atoms with Crippen molar-refractivity contribution in [2.45, 2.75) is 13.3 Å². The fourth-order valence-corrected chi connectivity index (χ4v) is 4.90. The minimum Gasteiger partial charge on any atom is -0.467 e. The molecule has 11 nitrogen and oxygen atoms in total. The first-order valence-corrected chi connectivity index (χ1v) is 12.7. The Labute approximate surface area is 229 Å². The number of anilines is 2. The van der Waals surface area contributed by atoms with Crippen LogP contribution in [0.15, 0.2) is 59.5 Å². The van der Waals surface area contributed by atoms with Gasteiger partial charge >= 0.3 is 17.7 Å². The number of rotatable bonds is 7. The van der Waals surface area contributed by atoms with E-state index in [9.17, 15) is 14.4 Å². The molecule has 3 heterocycles. The molecule has 4 aromatic rings. The van der Waals surface area contributed by atoms with Crippen LogP contribution >= 0.6 is 0 Å². The molecule has 1 aliphatic rings. The van der Waals surface area contributed by atoms with Gasteiger partial charge in [-0.15, -0.1) is 5.10 Å². The van der Waals surface area contributed by atoms with E-state index in [-0.39, 0.29) is 23.6 Å². The highest BCUT2D eigenvalue weighted by Crippen LogP contribution is 2.35. The number of carbonyl (C=O) groups excluding carboxylic acids is 2. The number of urea groups is 1. The van der Waals surface area contributed by atoms with Crippen LogP contribution in [0.25, 0.3) is 16.8 Å². The summed E-state index contributed by atoms with van der Waals surface area (Å²) in [5.74, 6) is -0.393. The maximum atomic E-state index is 15.3. The number of hydrogen-bond acceptors (Lipinski definition) is 6. The van der Waals surface area contributed by atoms with Crippen LogP contribution in [-0.2, 0) is 13.5 Å². The average Bonchev–Trinajstić information content (AvgIpc) is 3.50. The van der Waals surface area contributed by atoms with E-state index in [1.54, 1.807) is 60.5 Å². The van der Waals surface area contributed by atoms with Crippen LogP contribution in [0.2, 0.25) is 0 Å². The predicted octanol–water partition coefficient (Wildman–Crippen LogP) is 3.15. The van der Waals surface area contributed by atoms with Gasteiger partial charge in [0.2, 0.25) is 0 Å². The number of amides is 3. The van der Waals surface area contributed by atoms with E-state index in [4.69, 9.17) is 4.74 Å². The van der Waals surface area contributed by atoms with Crippen molar-refractivity contribution in [3.8, 4) is 22.8 Å². The second-order valence-corrected chi connectivity index (χ2v) is 9.13. The zero-order valence-electron chi connectivity index (χ0n) is 22.5. The Bertz CT molecular complexity index is 1660. The number of benzene rings is 2. The summed E-state index contributed by atoms with van der Waals surface area (Å²) in [6, 6.07) is 13.4. The molecule has 3 amide bonds. The van der Waals surface area contributed by atoms with Gasteiger partial charge in [-0.2, -0.15) is 0 Å². The van der Waals surface area contributed by atoms with Gasteiger partial charge in [0.05, 0.1) is 19.0 Å². The van der Waals surface area contributed by atoms with Gasteiger partial charge in [-0.1, -0.05) is 25.1 Å². The molecule has 206 valence electrons. The molecule has 2 aromatic heterocycles. The van der Waals surface area contributed by atoms with Crippen molar-refractivity contribution in [3.63, 3.8) is 0 Å². The number of nitrogens with one attached hydrogen (secondary N) is 1. The van der Waals surface area contributed by atoms with Crippen molar-refractivity contribution >= 4 is 23.4 Å². The van der Waals surface area contributed by atoms with Crippen LogP contribution in [0, 0.1) is 5.82 Å². The molecular formula is C28H28FN7O4. The van der Waals surface area contributed by atoms with E-state index in [0.717, 1.165) is 6.20 Å². The number of halogens is 1. The molecule has 0 saturated carbocycles. The third-order valence-corrected chi connectivity index (χ3v) is 6.87. The topological polar surface area (TPSA) is 115 Å². The van der Waals surface area contributed by atoms with Gasteiger partial charge in [0, 0.05) is 49.6 Å². The molecule has 0 radical (unpaired) electrons. The summed E-state index contributed by atoms with van der Waals surface area (Å²) in [5, 5.41) is 6.63.